The van der Waals surface area contributed by atoms with Crippen LogP contribution in [0.3, 0.4) is 0 Å². The van der Waals surface area contributed by atoms with Crippen LogP contribution in [0.1, 0.15) is 45.4 Å². The van der Waals surface area contributed by atoms with Gasteiger partial charge in [-0.25, -0.2) is 0 Å². The van der Waals surface area contributed by atoms with Crippen molar-refractivity contribution in [1.82, 2.24) is 10.2 Å². The molecule has 2 rings (SSSR count). The Labute approximate surface area is 116 Å². The zero-order valence-electron chi connectivity index (χ0n) is 12.2. The smallest absolute Gasteiger partial charge is 0.225 e. The zero-order valence-corrected chi connectivity index (χ0v) is 12.2. The molecule has 0 spiro atoms. The Bertz CT molecular complexity index is 269. The van der Waals surface area contributed by atoms with Crippen LogP contribution >= 0.6 is 0 Å². The van der Waals surface area contributed by atoms with Gasteiger partial charge in [-0.1, -0.05) is 6.92 Å². The minimum Gasteiger partial charge on any atom is -0.378 e. The Balaban J connectivity index is 1.67. The summed E-state index contributed by atoms with van der Waals surface area (Å²) in [6.45, 7) is 6.98. The van der Waals surface area contributed by atoms with Gasteiger partial charge in [-0.2, -0.15) is 0 Å². The number of amides is 1. The maximum absolute atomic E-state index is 12.2. The van der Waals surface area contributed by atoms with E-state index in [0.717, 1.165) is 64.4 Å². The highest BCUT2D eigenvalue weighted by Gasteiger charge is 2.25. The van der Waals surface area contributed by atoms with Crippen LogP contribution in [0, 0.1) is 5.92 Å². The molecule has 1 N–H and O–H groups in total. The van der Waals surface area contributed by atoms with Gasteiger partial charge in [-0.3, -0.25) is 4.79 Å². The van der Waals surface area contributed by atoms with Crippen molar-refractivity contribution in [1.29, 1.82) is 0 Å². The van der Waals surface area contributed by atoms with Crippen molar-refractivity contribution in [3.8, 4) is 0 Å². The largest absolute Gasteiger partial charge is 0.378 e. The Kier molecular flexibility index (Phi) is 6.11. The third kappa shape index (κ3) is 4.77. The molecule has 0 aromatic carbocycles. The lowest BCUT2D eigenvalue weighted by atomic mass is 9.96. The van der Waals surface area contributed by atoms with Crippen LogP contribution in [0.25, 0.3) is 0 Å². The van der Waals surface area contributed by atoms with E-state index in [1.807, 2.05) is 4.90 Å². The first kappa shape index (κ1) is 14.8. The molecule has 0 radical (unpaired) electrons. The van der Waals surface area contributed by atoms with Crippen molar-refractivity contribution in [3.05, 3.63) is 0 Å². The van der Waals surface area contributed by atoms with Crippen molar-refractivity contribution in [2.45, 2.75) is 51.6 Å². The average Bonchev–Trinajstić information content (AvgIpc) is 2.46. The van der Waals surface area contributed by atoms with Gasteiger partial charge in [-0.05, 0) is 51.1 Å². The molecule has 2 aliphatic rings. The van der Waals surface area contributed by atoms with Crippen LogP contribution in [0.15, 0.2) is 0 Å². The predicted molar refractivity (Wildman–Crippen MR) is 76.1 cm³/mol. The number of ether oxygens (including phenoxy) is 1. The third-order valence-electron chi connectivity index (χ3n) is 4.33. The van der Waals surface area contributed by atoms with E-state index >= 15 is 0 Å². The molecule has 4 heteroatoms. The summed E-state index contributed by atoms with van der Waals surface area (Å²) >= 11 is 0. The fraction of sp³-hybridized carbons (Fsp3) is 0.933. The number of nitrogens with zero attached hydrogens (tertiary/aromatic N) is 1. The third-order valence-corrected chi connectivity index (χ3v) is 4.33. The van der Waals surface area contributed by atoms with Crippen molar-refractivity contribution in [3.63, 3.8) is 0 Å². The van der Waals surface area contributed by atoms with E-state index < -0.39 is 0 Å². The van der Waals surface area contributed by atoms with Gasteiger partial charge in [0.1, 0.15) is 0 Å². The van der Waals surface area contributed by atoms with Crippen LogP contribution in [0.4, 0.5) is 0 Å². The van der Waals surface area contributed by atoms with Crippen LogP contribution in [-0.2, 0) is 9.53 Å². The molecule has 0 aliphatic carbocycles. The van der Waals surface area contributed by atoms with Crippen molar-refractivity contribution >= 4 is 5.91 Å². The average molecular weight is 268 g/mol. The van der Waals surface area contributed by atoms with Crippen LogP contribution in [0.2, 0.25) is 0 Å². The first-order valence-corrected chi connectivity index (χ1v) is 7.89. The van der Waals surface area contributed by atoms with E-state index in [4.69, 9.17) is 4.74 Å². The van der Waals surface area contributed by atoms with E-state index in [2.05, 4.69) is 12.2 Å². The summed E-state index contributed by atoms with van der Waals surface area (Å²) in [6.07, 6.45) is 6.49. The normalized spacial score (nSPS) is 25.5. The van der Waals surface area contributed by atoms with Crippen LogP contribution < -0.4 is 5.32 Å². The predicted octanol–water partition coefficient (Wildman–Crippen LogP) is 1.79. The highest BCUT2D eigenvalue weighted by atomic mass is 16.5. The summed E-state index contributed by atoms with van der Waals surface area (Å²) < 4.78 is 5.66. The molecule has 1 atom stereocenters. The van der Waals surface area contributed by atoms with E-state index in [9.17, 15) is 4.79 Å². The Morgan fingerprint density at radius 1 is 1.26 bits per heavy atom. The number of nitrogens with one attached hydrogen (secondary N) is 1. The highest BCUT2D eigenvalue weighted by molar-refractivity contribution is 5.76. The zero-order chi connectivity index (χ0) is 13.5. The lowest BCUT2D eigenvalue weighted by Crippen LogP contribution is -2.42. The summed E-state index contributed by atoms with van der Waals surface area (Å²) in [5, 5.41) is 3.40. The van der Waals surface area contributed by atoms with Crippen LogP contribution in [-0.4, -0.2) is 49.7 Å². The van der Waals surface area contributed by atoms with E-state index in [1.165, 1.54) is 6.42 Å². The molecule has 2 fully saturated rings. The maximum atomic E-state index is 12.2. The van der Waals surface area contributed by atoms with Gasteiger partial charge in [0, 0.05) is 19.7 Å². The summed E-state index contributed by atoms with van der Waals surface area (Å²) in [5.41, 5.74) is 0. The first-order chi connectivity index (χ1) is 9.29. The highest BCUT2D eigenvalue weighted by Crippen LogP contribution is 2.20. The Hall–Kier alpha value is -0.610. The molecule has 0 bridgehead atoms. The fourth-order valence-electron chi connectivity index (χ4n) is 3.03. The lowest BCUT2D eigenvalue weighted by Gasteiger charge is -2.33. The summed E-state index contributed by atoms with van der Waals surface area (Å²) in [5.74, 6) is 1.05. The second kappa shape index (κ2) is 7.85. The molecular weight excluding hydrogens is 240 g/mol. The minimum absolute atomic E-state index is 0.181. The standard InChI is InChI=1S/C15H28N2O2/c1-2-16-12-13-6-8-17(9-7-13)15(18)11-14-5-3-4-10-19-14/h13-14,16H,2-12H2,1H3. The number of carbonyl (C=O) groups is 1. The second-order valence-corrected chi connectivity index (χ2v) is 5.82. The number of hydrogen-bond acceptors (Lipinski definition) is 3. The number of hydrogen-bond donors (Lipinski definition) is 1. The second-order valence-electron chi connectivity index (χ2n) is 5.82. The quantitative estimate of drug-likeness (QED) is 0.826. The number of piperidine rings is 1. The van der Waals surface area contributed by atoms with Crippen molar-refractivity contribution in [2.24, 2.45) is 5.92 Å². The molecule has 1 amide bonds. The lowest BCUT2D eigenvalue weighted by molar-refractivity contribution is -0.136. The molecule has 19 heavy (non-hydrogen) atoms. The summed E-state index contributed by atoms with van der Waals surface area (Å²) in [6, 6.07) is 0. The Morgan fingerprint density at radius 3 is 2.68 bits per heavy atom. The topological polar surface area (TPSA) is 41.6 Å². The van der Waals surface area contributed by atoms with Crippen molar-refractivity contribution in [2.75, 3.05) is 32.8 Å². The Morgan fingerprint density at radius 2 is 2.05 bits per heavy atom. The molecule has 1 unspecified atom stereocenters. The van der Waals surface area contributed by atoms with Gasteiger partial charge in [0.2, 0.25) is 5.91 Å². The van der Waals surface area contributed by atoms with Gasteiger partial charge >= 0.3 is 0 Å². The van der Waals surface area contributed by atoms with E-state index in [-0.39, 0.29) is 6.10 Å². The SMILES string of the molecule is CCNCC1CCN(C(=O)CC2CCCCO2)CC1. The molecule has 2 aliphatic heterocycles. The van der Waals surface area contributed by atoms with E-state index in [0.29, 0.717) is 12.3 Å². The van der Waals surface area contributed by atoms with Gasteiger partial charge < -0.3 is 15.0 Å². The number of rotatable bonds is 5. The summed E-state index contributed by atoms with van der Waals surface area (Å²) in [7, 11) is 0. The van der Waals surface area contributed by atoms with Gasteiger partial charge in [0.25, 0.3) is 0 Å². The molecule has 0 aromatic rings. The fourth-order valence-corrected chi connectivity index (χ4v) is 3.03. The van der Waals surface area contributed by atoms with Crippen LogP contribution in [0.5, 0.6) is 0 Å². The monoisotopic (exact) mass is 268 g/mol. The van der Waals surface area contributed by atoms with Gasteiger partial charge in [0.05, 0.1) is 12.5 Å². The first-order valence-electron chi connectivity index (χ1n) is 7.89. The maximum Gasteiger partial charge on any atom is 0.225 e. The summed E-state index contributed by atoms with van der Waals surface area (Å²) in [4.78, 5) is 14.3. The molecule has 0 aromatic heterocycles. The molecule has 4 nitrogen and oxygen atoms in total. The molecule has 2 heterocycles. The minimum atomic E-state index is 0.181. The van der Waals surface area contributed by atoms with Crippen molar-refractivity contribution < 1.29 is 9.53 Å². The molecule has 2 saturated heterocycles. The van der Waals surface area contributed by atoms with Gasteiger partial charge in [0.15, 0.2) is 0 Å². The molecule has 110 valence electrons. The molecular formula is C15H28N2O2. The van der Waals surface area contributed by atoms with Gasteiger partial charge in [-0.15, -0.1) is 0 Å². The van der Waals surface area contributed by atoms with E-state index in [1.54, 1.807) is 0 Å². The number of carbonyl (C=O) groups excluding carboxylic acids is 1. The molecule has 0 saturated carbocycles. The number of likely N-dealkylation sites (tertiary alicyclic amines) is 1.